The molecule has 0 aromatic heterocycles. The molecule has 104 valence electrons. The molecule has 0 bridgehead atoms. The molecule has 0 aliphatic heterocycles. The molecular weight excluding hydrogens is 226 g/mol. The second kappa shape index (κ2) is 5.57. The Morgan fingerprint density at radius 3 is 2.67 bits per heavy atom. The number of hydrogen-bond acceptors (Lipinski definition) is 3. The van der Waals surface area contributed by atoms with Gasteiger partial charge >= 0.3 is 0 Å². The van der Waals surface area contributed by atoms with Gasteiger partial charge in [0.15, 0.2) is 0 Å². The smallest absolute Gasteiger partial charge is 0.227 e. The highest BCUT2D eigenvalue weighted by atomic mass is 16.2. The van der Waals surface area contributed by atoms with Crippen LogP contribution in [0.25, 0.3) is 0 Å². The Hall–Kier alpha value is -0.610. The van der Waals surface area contributed by atoms with E-state index < -0.39 is 0 Å². The maximum atomic E-state index is 12.2. The van der Waals surface area contributed by atoms with Crippen LogP contribution >= 0.6 is 0 Å². The van der Waals surface area contributed by atoms with Crippen LogP contribution in [0.3, 0.4) is 0 Å². The van der Waals surface area contributed by atoms with E-state index >= 15 is 0 Å². The summed E-state index contributed by atoms with van der Waals surface area (Å²) in [5, 5.41) is 3.08. The average Bonchev–Trinajstić information content (AvgIpc) is 3.13. The number of hydrogen-bond donors (Lipinski definition) is 2. The standard InChI is InChI=1S/C14H27N3O/c1-3-17(11-6-7-11)10-9-16-13(18)14(2)8-4-5-12(14)15/h11-12H,3-10,15H2,1-2H3,(H,16,18). The van der Waals surface area contributed by atoms with E-state index in [9.17, 15) is 4.79 Å². The van der Waals surface area contributed by atoms with Crippen LogP contribution in [0.4, 0.5) is 0 Å². The van der Waals surface area contributed by atoms with E-state index in [1.54, 1.807) is 0 Å². The molecule has 2 atom stereocenters. The zero-order chi connectivity index (χ0) is 13.2. The molecule has 4 heteroatoms. The van der Waals surface area contributed by atoms with Crippen molar-refractivity contribution in [3.8, 4) is 0 Å². The lowest BCUT2D eigenvalue weighted by Crippen LogP contribution is -2.49. The fourth-order valence-corrected chi connectivity index (χ4v) is 3.03. The first-order chi connectivity index (χ1) is 8.58. The summed E-state index contributed by atoms with van der Waals surface area (Å²) in [6.07, 6.45) is 5.64. The van der Waals surface area contributed by atoms with Crippen LogP contribution in [0, 0.1) is 5.41 Å². The third kappa shape index (κ3) is 2.86. The van der Waals surface area contributed by atoms with Crippen molar-refractivity contribution in [2.75, 3.05) is 19.6 Å². The molecule has 18 heavy (non-hydrogen) atoms. The van der Waals surface area contributed by atoms with Gasteiger partial charge in [-0.1, -0.05) is 13.3 Å². The van der Waals surface area contributed by atoms with Gasteiger partial charge in [-0.3, -0.25) is 9.69 Å². The lowest BCUT2D eigenvalue weighted by atomic mass is 9.84. The third-order valence-corrected chi connectivity index (χ3v) is 4.70. The Morgan fingerprint density at radius 1 is 1.44 bits per heavy atom. The summed E-state index contributed by atoms with van der Waals surface area (Å²) in [4.78, 5) is 14.7. The molecule has 2 rings (SSSR count). The van der Waals surface area contributed by atoms with Gasteiger partial charge in [0.25, 0.3) is 0 Å². The van der Waals surface area contributed by atoms with Crippen molar-refractivity contribution in [3.63, 3.8) is 0 Å². The summed E-state index contributed by atoms with van der Waals surface area (Å²) in [7, 11) is 0. The van der Waals surface area contributed by atoms with Crippen molar-refractivity contribution < 1.29 is 4.79 Å². The maximum Gasteiger partial charge on any atom is 0.227 e. The lowest BCUT2D eigenvalue weighted by molar-refractivity contribution is -0.130. The van der Waals surface area contributed by atoms with Crippen molar-refractivity contribution in [2.24, 2.45) is 11.1 Å². The molecule has 4 nitrogen and oxygen atoms in total. The Balaban J connectivity index is 1.74. The monoisotopic (exact) mass is 253 g/mol. The summed E-state index contributed by atoms with van der Waals surface area (Å²) in [5.41, 5.74) is 5.72. The van der Waals surface area contributed by atoms with Crippen molar-refractivity contribution in [2.45, 2.75) is 58.0 Å². The van der Waals surface area contributed by atoms with Gasteiger partial charge in [-0.2, -0.15) is 0 Å². The highest BCUT2D eigenvalue weighted by molar-refractivity contribution is 5.83. The number of carbonyl (C=O) groups excluding carboxylic acids is 1. The minimum Gasteiger partial charge on any atom is -0.354 e. The number of nitrogens with one attached hydrogen (secondary N) is 1. The molecule has 0 aromatic rings. The highest BCUT2D eigenvalue weighted by Crippen LogP contribution is 2.36. The fraction of sp³-hybridized carbons (Fsp3) is 0.929. The maximum absolute atomic E-state index is 12.2. The molecule has 0 heterocycles. The van der Waals surface area contributed by atoms with Gasteiger partial charge in [0.1, 0.15) is 0 Å². The first kappa shape index (κ1) is 13.8. The Morgan fingerprint density at radius 2 is 2.17 bits per heavy atom. The zero-order valence-electron chi connectivity index (χ0n) is 11.7. The lowest BCUT2D eigenvalue weighted by Gasteiger charge is -2.28. The van der Waals surface area contributed by atoms with Gasteiger partial charge < -0.3 is 11.1 Å². The topological polar surface area (TPSA) is 58.4 Å². The number of likely N-dealkylation sites (N-methyl/N-ethyl adjacent to an activating group) is 1. The largest absolute Gasteiger partial charge is 0.354 e. The molecule has 3 N–H and O–H groups in total. The van der Waals surface area contributed by atoms with Crippen LogP contribution in [0.15, 0.2) is 0 Å². The van der Waals surface area contributed by atoms with E-state index in [4.69, 9.17) is 5.73 Å². The van der Waals surface area contributed by atoms with E-state index in [0.717, 1.165) is 44.9 Å². The summed E-state index contributed by atoms with van der Waals surface area (Å²) < 4.78 is 0. The number of amides is 1. The molecule has 2 unspecified atom stereocenters. The molecule has 2 aliphatic rings. The van der Waals surface area contributed by atoms with Crippen molar-refractivity contribution in [1.82, 2.24) is 10.2 Å². The van der Waals surface area contributed by atoms with Gasteiger partial charge in [0, 0.05) is 25.2 Å². The number of nitrogens with zero attached hydrogens (tertiary/aromatic N) is 1. The van der Waals surface area contributed by atoms with E-state index in [-0.39, 0.29) is 17.4 Å². The first-order valence-corrected chi connectivity index (χ1v) is 7.36. The normalized spacial score (nSPS) is 31.9. The quantitative estimate of drug-likeness (QED) is 0.745. The summed E-state index contributed by atoms with van der Waals surface area (Å²) >= 11 is 0. The van der Waals surface area contributed by atoms with Crippen molar-refractivity contribution >= 4 is 5.91 Å². The van der Waals surface area contributed by atoms with Crippen LogP contribution in [0.2, 0.25) is 0 Å². The second-order valence-electron chi connectivity index (χ2n) is 6.03. The Kier molecular flexibility index (Phi) is 4.28. The van der Waals surface area contributed by atoms with Crippen LogP contribution in [0.5, 0.6) is 0 Å². The van der Waals surface area contributed by atoms with Crippen molar-refractivity contribution in [3.05, 3.63) is 0 Å². The molecule has 2 saturated carbocycles. The number of nitrogens with two attached hydrogens (primary N) is 1. The molecule has 0 radical (unpaired) electrons. The van der Waals surface area contributed by atoms with Crippen LogP contribution in [-0.4, -0.2) is 42.5 Å². The van der Waals surface area contributed by atoms with Crippen LogP contribution < -0.4 is 11.1 Å². The van der Waals surface area contributed by atoms with Gasteiger partial charge in [-0.15, -0.1) is 0 Å². The minimum atomic E-state index is -0.337. The summed E-state index contributed by atoms with van der Waals surface area (Å²) in [6.45, 7) is 7.01. The molecule has 0 spiro atoms. The Labute approximate surface area is 110 Å². The number of rotatable bonds is 6. The van der Waals surface area contributed by atoms with Gasteiger partial charge in [0.2, 0.25) is 5.91 Å². The number of carbonyl (C=O) groups is 1. The summed E-state index contributed by atoms with van der Waals surface area (Å²) in [5.74, 6) is 0.152. The van der Waals surface area contributed by atoms with Gasteiger partial charge in [-0.05, 0) is 39.2 Å². The highest BCUT2D eigenvalue weighted by Gasteiger charge is 2.42. The molecule has 1 amide bonds. The van der Waals surface area contributed by atoms with Gasteiger partial charge in [0.05, 0.1) is 5.41 Å². The van der Waals surface area contributed by atoms with Crippen LogP contribution in [-0.2, 0) is 4.79 Å². The fourth-order valence-electron chi connectivity index (χ4n) is 3.03. The van der Waals surface area contributed by atoms with Crippen molar-refractivity contribution in [1.29, 1.82) is 0 Å². The molecule has 2 aliphatic carbocycles. The van der Waals surface area contributed by atoms with E-state index in [1.165, 1.54) is 12.8 Å². The summed E-state index contributed by atoms with van der Waals surface area (Å²) in [6, 6.07) is 0.805. The minimum absolute atomic E-state index is 0.0308. The zero-order valence-corrected chi connectivity index (χ0v) is 11.7. The molecule has 0 saturated heterocycles. The third-order valence-electron chi connectivity index (χ3n) is 4.70. The van der Waals surface area contributed by atoms with E-state index in [1.807, 2.05) is 6.92 Å². The average molecular weight is 253 g/mol. The first-order valence-electron chi connectivity index (χ1n) is 7.36. The molecule has 2 fully saturated rings. The Bertz CT molecular complexity index is 303. The predicted molar refractivity (Wildman–Crippen MR) is 73.2 cm³/mol. The SMILES string of the molecule is CCN(CCNC(=O)C1(C)CCCC1N)C1CC1. The predicted octanol–water partition coefficient (Wildman–Crippen LogP) is 1.10. The van der Waals surface area contributed by atoms with Gasteiger partial charge in [-0.25, -0.2) is 0 Å². The molecule has 0 aromatic carbocycles. The van der Waals surface area contributed by atoms with Crippen LogP contribution in [0.1, 0.15) is 46.0 Å². The molecular formula is C14H27N3O. The van der Waals surface area contributed by atoms with E-state index in [2.05, 4.69) is 17.1 Å². The van der Waals surface area contributed by atoms with E-state index in [0.29, 0.717) is 0 Å². The second-order valence-corrected chi connectivity index (χ2v) is 6.03.